The molecular weight excluding hydrogens is 414 g/mol. The molecule has 5 rings (SSSR count). The van der Waals surface area contributed by atoms with Crippen LogP contribution < -0.4 is 4.74 Å². The second-order valence-electron chi connectivity index (χ2n) is 6.86. The maximum atomic E-state index is 5.97. The van der Waals surface area contributed by atoms with Crippen molar-refractivity contribution in [3.8, 4) is 5.75 Å². The Morgan fingerprint density at radius 1 is 0.929 bits per heavy atom. The molecule has 5 heteroatoms. The molecule has 3 aromatic carbocycles. The van der Waals surface area contributed by atoms with Gasteiger partial charge in [0.15, 0.2) is 5.65 Å². The Hall–Kier alpha value is -2.92. The first-order valence-electron chi connectivity index (χ1n) is 9.23. The Kier molecular flexibility index (Phi) is 4.24. The van der Waals surface area contributed by atoms with Gasteiger partial charge in [-0.25, -0.2) is 9.97 Å². The molecule has 0 atom stereocenters. The molecule has 0 amide bonds. The SMILES string of the molecule is Cc1ccc(OCCn2c3ccc(Br)cc3c3nc4ccccc4nc32)cc1. The van der Waals surface area contributed by atoms with Crippen LogP contribution in [0, 0.1) is 6.92 Å². The van der Waals surface area contributed by atoms with Crippen LogP contribution >= 0.6 is 15.9 Å². The van der Waals surface area contributed by atoms with Gasteiger partial charge >= 0.3 is 0 Å². The van der Waals surface area contributed by atoms with Crippen LogP contribution in [-0.4, -0.2) is 21.1 Å². The topological polar surface area (TPSA) is 39.9 Å². The van der Waals surface area contributed by atoms with Crippen molar-refractivity contribution < 1.29 is 4.74 Å². The molecule has 138 valence electrons. The second-order valence-corrected chi connectivity index (χ2v) is 7.77. The molecule has 5 aromatic rings. The molecule has 0 aliphatic heterocycles. The van der Waals surface area contributed by atoms with Gasteiger partial charge in [-0.15, -0.1) is 0 Å². The van der Waals surface area contributed by atoms with Crippen LogP contribution in [0.3, 0.4) is 0 Å². The summed E-state index contributed by atoms with van der Waals surface area (Å²) in [6.45, 7) is 3.33. The van der Waals surface area contributed by atoms with Gasteiger partial charge in [0.25, 0.3) is 0 Å². The summed E-state index contributed by atoms with van der Waals surface area (Å²) in [5.74, 6) is 0.880. The Balaban J connectivity index is 1.59. The lowest BCUT2D eigenvalue weighted by Gasteiger charge is -2.09. The zero-order valence-corrected chi connectivity index (χ0v) is 17.0. The van der Waals surface area contributed by atoms with Crippen molar-refractivity contribution in [2.75, 3.05) is 6.61 Å². The molecule has 2 aromatic heterocycles. The van der Waals surface area contributed by atoms with Gasteiger partial charge in [0.05, 0.1) is 23.1 Å². The van der Waals surface area contributed by atoms with Gasteiger partial charge in [-0.2, -0.15) is 0 Å². The largest absolute Gasteiger partial charge is 0.492 e. The maximum absolute atomic E-state index is 5.97. The first-order chi connectivity index (χ1) is 13.7. The van der Waals surface area contributed by atoms with E-state index in [2.05, 4.69) is 57.8 Å². The van der Waals surface area contributed by atoms with E-state index in [0.717, 1.165) is 43.3 Å². The summed E-state index contributed by atoms with van der Waals surface area (Å²) in [6, 6.07) is 22.4. The molecule has 2 heterocycles. The van der Waals surface area contributed by atoms with Crippen molar-refractivity contribution in [2.45, 2.75) is 13.5 Å². The number of rotatable bonds is 4. The van der Waals surface area contributed by atoms with E-state index < -0.39 is 0 Å². The highest BCUT2D eigenvalue weighted by Gasteiger charge is 2.15. The van der Waals surface area contributed by atoms with Crippen LogP contribution in [0.2, 0.25) is 0 Å². The smallest absolute Gasteiger partial charge is 0.160 e. The molecule has 0 saturated carbocycles. The quantitative estimate of drug-likeness (QED) is 0.356. The normalized spacial score (nSPS) is 11.5. The third-order valence-corrected chi connectivity index (χ3v) is 5.41. The van der Waals surface area contributed by atoms with E-state index in [9.17, 15) is 0 Å². The average molecular weight is 432 g/mol. The molecule has 0 saturated heterocycles. The van der Waals surface area contributed by atoms with E-state index in [0.29, 0.717) is 13.2 Å². The van der Waals surface area contributed by atoms with E-state index in [1.165, 1.54) is 5.56 Å². The van der Waals surface area contributed by atoms with Crippen molar-refractivity contribution in [3.05, 3.63) is 76.8 Å². The highest BCUT2D eigenvalue weighted by atomic mass is 79.9. The first-order valence-corrected chi connectivity index (χ1v) is 10.0. The molecule has 28 heavy (non-hydrogen) atoms. The van der Waals surface area contributed by atoms with Crippen LogP contribution in [0.4, 0.5) is 0 Å². The molecule has 0 fully saturated rings. The predicted molar refractivity (Wildman–Crippen MR) is 117 cm³/mol. The Bertz CT molecular complexity index is 1310. The number of aryl methyl sites for hydroxylation is 1. The highest BCUT2D eigenvalue weighted by Crippen LogP contribution is 2.30. The van der Waals surface area contributed by atoms with Gasteiger partial charge in [0.1, 0.15) is 17.9 Å². The number of aromatic nitrogens is 3. The van der Waals surface area contributed by atoms with Crippen LogP contribution in [0.15, 0.2) is 71.2 Å². The molecule has 0 radical (unpaired) electrons. The number of hydrogen-bond acceptors (Lipinski definition) is 3. The third kappa shape index (κ3) is 3.02. The molecule has 0 bridgehead atoms. The van der Waals surface area contributed by atoms with Crippen molar-refractivity contribution in [2.24, 2.45) is 0 Å². The van der Waals surface area contributed by atoms with Crippen LogP contribution in [-0.2, 0) is 6.54 Å². The number of halogens is 1. The minimum absolute atomic E-state index is 0.562. The predicted octanol–water partition coefficient (Wildman–Crippen LogP) is 5.89. The van der Waals surface area contributed by atoms with Crippen molar-refractivity contribution in [3.63, 3.8) is 0 Å². The maximum Gasteiger partial charge on any atom is 0.160 e. The van der Waals surface area contributed by atoms with Gasteiger partial charge < -0.3 is 9.30 Å². The van der Waals surface area contributed by atoms with E-state index in [1.54, 1.807) is 0 Å². The number of benzene rings is 3. The van der Waals surface area contributed by atoms with Crippen LogP contribution in [0.25, 0.3) is 33.1 Å². The van der Waals surface area contributed by atoms with Gasteiger partial charge in [-0.3, -0.25) is 0 Å². The number of nitrogens with zero attached hydrogens (tertiary/aromatic N) is 3. The Morgan fingerprint density at radius 2 is 1.68 bits per heavy atom. The minimum Gasteiger partial charge on any atom is -0.492 e. The number of hydrogen-bond donors (Lipinski definition) is 0. The minimum atomic E-state index is 0.562. The monoisotopic (exact) mass is 431 g/mol. The van der Waals surface area contributed by atoms with E-state index in [1.807, 2.05) is 36.4 Å². The summed E-state index contributed by atoms with van der Waals surface area (Å²) in [6.07, 6.45) is 0. The fraction of sp³-hybridized carbons (Fsp3) is 0.130. The van der Waals surface area contributed by atoms with E-state index in [-0.39, 0.29) is 0 Å². The summed E-state index contributed by atoms with van der Waals surface area (Å²) in [5, 5.41) is 1.10. The molecule has 0 spiro atoms. The number of ether oxygens (including phenoxy) is 1. The summed E-state index contributed by atoms with van der Waals surface area (Å²) in [7, 11) is 0. The molecule has 0 aliphatic carbocycles. The van der Waals surface area contributed by atoms with Crippen molar-refractivity contribution >= 4 is 49.0 Å². The lowest BCUT2D eigenvalue weighted by atomic mass is 10.2. The van der Waals surface area contributed by atoms with Gasteiger partial charge in [0.2, 0.25) is 0 Å². The molecule has 0 N–H and O–H groups in total. The standard InChI is InChI=1S/C23H18BrN3O/c1-15-6-9-17(10-7-15)28-13-12-27-21-11-8-16(24)14-18(21)22-23(27)26-20-5-3-2-4-19(20)25-22/h2-11,14H,12-13H2,1H3. The second kappa shape index (κ2) is 6.91. The first kappa shape index (κ1) is 17.2. The molecular formula is C23H18BrN3O. The fourth-order valence-electron chi connectivity index (χ4n) is 3.52. The zero-order chi connectivity index (χ0) is 19.1. The third-order valence-electron chi connectivity index (χ3n) is 4.92. The van der Waals surface area contributed by atoms with Crippen molar-refractivity contribution in [1.29, 1.82) is 0 Å². The van der Waals surface area contributed by atoms with Gasteiger partial charge in [-0.1, -0.05) is 45.8 Å². The highest BCUT2D eigenvalue weighted by molar-refractivity contribution is 9.10. The van der Waals surface area contributed by atoms with Gasteiger partial charge in [-0.05, 0) is 49.4 Å². The summed E-state index contributed by atoms with van der Waals surface area (Å²) >= 11 is 3.58. The molecule has 4 nitrogen and oxygen atoms in total. The summed E-state index contributed by atoms with van der Waals surface area (Å²) in [4.78, 5) is 9.81. The lowest BCUT2D eigenvalue weighted by Crippen LogP contribution is -2.08. The van der Waals surface area contributed by atoms with E-state index >= 15 is 0 Å². The summed E-state index contributed by atoms with van der Waals surface area (Å²) in [5.41, 5.74) is 5.95. The lowest BCUT2D eigenvalue weighted by molar-refractivity contribution is 0.302. The molecule has 0 unspecified atom stereocenters. The number of para-hydroxylation sites is 2. The van der Waals surface area contributed by atoms with Crippen molar-refractivity contribution in [1.82, 2.24) is 14.5 Å². The molecule has 0 aliphatic rings. The van der Waals surface area contributed by atoms with Crippen LogP contribution in [0.5, 0.6) is 5.75 Å². The Morgan fingerprint density at radius 3 is 2.46 bits per heavy atom. The number of fused-ring (bicyclic) bond motifs is 4. The Labute approximate surface area is 170 Å². The average Bonchev–Trinajstić information content (AvgIpc) is 3.00. The fourth-order valence-corrected chi connectivity index (χ4v) is 3.88. The van der Waals surface area contributed by atoms with Crippen LogP contribution in [0.1, 0.15) is 5.56 Å². The van der Waals surface area contributed by atoms with Gasteiger partial charge in [0, 0.05) is 9.86 Å². The zero-order valence-electron chi connectivity index (χ0n) is 15.4. The summed E-state index contributed by atoms with van der Waals surface area (Å²) < 4.78 is 9.20. The van der Waals surface area contributed by atoms with E-state index in [4.69, 9.17) is 14.7 Å².